The summed E-state index contributed by atoms with van der Waals surface area (Å²) in [5.41, 5.74) is 1.57. The largest absolute Gasteiger partial charge is 0.339 e. The van der Waals surface area contributed by atoms with Gasteiger partial charge in [0.15, 0.2) is 0 Å². The molecular weight excluding hydrogens is 362 g/mol. The van der Waals surface area contributed by atoms with E-state index in [1.165, 1.54) is 6.07 Å². The van der Waals surface area contributed by atoms with E-state index in [2.05, 4.69) is 14.9 Å². The first kappa shape index (κ1) is 17.4. The van der Waals surface area contributed by atoms with Gasteiger partial charge in [0.25, 0.3) is 10.0 Å². The Bertz CT molecular complexity index is 1020. The number of aromatic nitrogens is 2. The van der Waals surface area contributed by atoms with E-state index in [-0.39, 0.29) is 4.90 Å². The molecule has 25 heavy (non-hydrogen) atoms. The molecule has 0 bridgehead atoms. The first-order valence-corrected chi connectivity index (χ1v) is 9.47. The number of anilines is 1. The Morgan fingerprint density at radius 2 is 2.00 bits per heavy atom. The average molecular weight is 378 g/mol. The number of rotatable bonds is 5. The number of nitrogens with zero attached hydrogens (tertiary/aromatic N) is 2. The molecule has 2 aromatic carbocycles. The van der Waals surface area contributed by atoms with Crippen LogP contribution in [0, 0.1) is 6.92 Å². The molecule has 0 amide bonds. The number of nitrogens with one attached hydrogen (secondary N) is 1. The maximum Gasteiger partial charge on any atom is 0.262 e. The van der Waals surface area contributed by atoms with Crippen LogP contribution < -0.4 is 4.72 Å². The second kappa shape index (κ2) is 6.85. The van der Waals surface area contributed by atoms with Crippen molar-refractivity contribution in [1.29, 1.82) is 0 Å². The zero-order chi connectivity index (χ0) is 18.0. The summed E-state index contributed by atoms with van der Waals surface area (Å²) in [5.74, 6) is 0.855. The monoisotopic (exact) mass is 377 g/mol. The lowest BCUT2D eigenvalue weighted by Gasteiger charge is -2.11. The molecule has 6 nitrogen and oxygen atoms in total. The molecule has 0 atom stereocenters. The van der Waals surface area contributed by atoms with E-state index in [1.807, 2.05) is 6.92 Å². The van der Waals surface area contributed by atoms with Gasteiger partial charge in [-0.05, 0) is 36.8 Å². The van der Waals surface area contributed by atoms with Gasteiger partial charge in [-0.2, -0.15) is 4.98 Å². The highest BCUT2D eigenvalue weighted by Gasteiger charge is 2.19. The summed E-state index contributed by atoms with van der Waals surface area (Å²) >= 11 is 5.91. The van der Waals surface area contributed by atoms with Crippen molar-refractivity contribution in [2.75, 3.05) is 4.72 Å². The molecule has 0 unspecified atom stereocenters. The lowest BCUT2D eigenvalue weighted by atomic mass is 10.1. The average Bonchev–Trinajstić information content (AvgIpc) is 3.04. The minimum Gasteiger partial charge on any atom is -0.339 e. The molecule has 8 heteroatoms. The maximum absolute atomic E-state index is 12.8. The Morgan fingerprint density at radius 1 is 1.20 bits per heavy atom. The number of halogens is 1. The van der Waals surface area contributed by atoms with E-state index in [9.17, 15) is 8.42 Å². The van der Waals surface area contributed by atoms with Gasteiger partial charge in [-0.3, -0.25) is 4.72 Å². The maximum atomic E-state index is 12.8. The van der Waals surface area contributed by atoms with Crippen LogP contribution in [0.15, 0.2) is 51.9 Å². The third-order valence-electron chi connectivity index (χ3n) is 3.58. The van der Waals surface area contributed by atoms with Crippen molar-refractivity contribution in [3.63, 3.8) is 0 Å². The van der Waals surface area contributed by atoms with Gasteiger partial charge in [-0.1, -0.05) is 41.9 Å². The molecule has 0 aliphatic rings. The molecule has 0 spiro atoms. The molecule has 3 aromatic rings. The molecule has 0 fully saturated rings. The van der Waals surface area contributed by atoms with Crippen LogP contribution in [0.2, 0.25) is 5.02 Å². The van der Waals surface area contributed by atoms with Gasteiger partial charge in [0.1, 0.15) is 0 Å². The normalized spacial score (nSPS) is 11.5. The highest BCUT2D eigenvalue weighted by Crippen LogP contribution is 2.26. The molecule has 1 N–H and O–H groups in total. The van der Waals surface area contributed by atoms with Gasteiger partial charge in [0, 0.05) is 17.0 Å². The van der Waals surface area contributed by atoms with Crippen LogP contribution in [0.1, 0.15) is 18.4 Å². The van der Waals surface area contributed by atoms with Gasteiger partial charge in [-0.15, -0.1) is 0 Å². The summed E-state index contributed by atoms with van der Waals surface area (Å²) in [6.45, 7) is 3.63. The molecular formula is C17H16ClN3O3S. The Hall–Kier alpha value is -2.38. The fraction of sp³-hybridized carbons (Fsp3) is 0.176. The number of sulfonamides is 1. The zero-order valence-corrected chi connectivity index (χ0v) is 15.2. The number of hydrogen-bond acceptors (Lipinski definition) is 5. The molecule has 0 saturated carbocycles. The Kier molecular flexibility index (Phi) is 4.78. The summed E-state index contributed by atoms with van der Waals surface area (Å²) in [6, 6.07) is 11.5. The van der Waals surface area contributed by atoms with Gasteiger partial charge in [-0.25, -0.2) is 8.42 Å². The predicted molar refractivity (Wildman–Crippen MR) is 96.1 cm³/mol. The lowest BCUT2D eigenvalue weighted by Crippen LogP contribution is -2.14. The standard InChI is InChI=1S/C17H16ClN3O3S/c1-3-16-19-17(20-24-16)12-8-7-11(2)15(9-12)25(22,23)21-14-6-4-5-13(18)10-14/h4-10,21H,3H2,1-2H3. The van der Waals surface area contributed by atoms with Crippen molar-refractivity contribution >= 4 is 27.3 Å². The van der Waals surface area contributed by atoms with Crippen LogP contribution in [0.25, 0.3) is 11.4 Å². The van der Waals surface area contributed by atoms with Crippen molar-refractivity contribution in [2.24, 2.45) is 0 Å². The highest BCUT2D eigenvalue weighted by molar-refractivity contribution is 7.92. The second-order valence-electron chi connectivity index (χ2n) is 5.46. The summed E-state index contributed by atoms with van der Waals surface area (Å²) in [7, 11) is -3.78. The fourth-order valence-corrected chi connectivity index (χ4v) is 3.82. The summed E-state index contributed by atoms with van der Waals surface area (Å²) in [5, 5.41) is 4.34. The van der Waals surface area contributed by atoms with Crippen LogP contribution in [-0.4, -0.2) is 18.6 Å². The van der Waals surface area contributed by atoms with Crippen LogP contribution in [0.3, 0.4) is 0 Å². The molecule has 0 aliphatic heterocycles. The van der Waals surface area contributed by atoms with Crippen molar-refractivity contribution in [1.82, 2.24) is 10.1 Å². The van der Waals surface area contributed by atoms with Gasteiger partial charge in [0.2, 0.25) is 11.7 Å². The number of hydrogen-bond donors (Lipinski definition) is 1. The highest BCUT2D eigenvalue weighted by atomic mass is 35.5. The topological polar surface area (TPSA) is 85.1 Å². The third kappa shape index (κ3) is 3.83. The molecule has 1 heterocycles. The first-order valence-electron chi connectivity index (χ1n) is 7.61. The van der Waals surface area contributed by atoms with Crippen molar-refractivity contribution in [3.05, 3.63) is 58.9 Å². The quantitative estimate of drug-likeness (QED) is 0.724. The predicted octanol–water partition coefficient (Wildman–Crippen LogP) is 4.06. The molecule has 130 valence electrons. The van der Waals surface area contributed by atoms with Crippen LogP contribution in [-0.2, 0) is 16.4 Å². The van der Waals surface area contributed by atoms with E-state index in [0.717, 1.165) is 0 Å². The minimum absolute atomic E-state index is 0.146. The van der Waals surface area contributed by atoms with Gasteiger partial charge >= 0.3 is 0 Å². The lowest BCUT2D eigenvalue weighted by molar-refractivity contribution is 0.383. The number of aryl methyl sites for hydroxylation is 2. The molecule has 0 saturated heterocycles. The second-order valence-corrected chi connectivity index (χ2v) is 7.55. The van der Waals surface area contributed by atoms with Gasteiger partial charge < -0.3 is 4.52 Å². The minimum atomic E-state index is -3.78. The first-order chi connectivity index (χ1) is 11.9. The molecule has 3 rings (SSSR count). The fourth-order valence-electron chi connectivity index (χ4n) is 2.31. The SMILES string of the molecule is CCc1nc(-c2ccc(C)c(S(=O)(=O)Nc3cccc(Cl)c3)c2)no1. The van der Waals surface area contributed by atoms with Crippen molar-refractivity contribution in [3.8, 4) is 11.4 Å². The zero-order valence-electron chi connectivity index (χ0n) is 13.7. The molecule has 0 radical (unpaired) electrons. The van der Waals surface area contributed by atoms with Crippen LogP contribution in [0.4, 0.5) is 5.69 Å². The summed E-state index contributed by atoms with van der Waals surface area (Å²) in [4.78, 5) is 4.38. The van der Waals surface area contributed by atoms with Gasteiger partial charge in [0.05, 0.1) is 10.6 Å². The Morgan fingerprint density at radius 3 is 2.68 bits per heavy atom. The summed E-state index contributed by atoms with van der Waals surface area (Å²) in [6.07, 6.45) is 0.611. The Balaban J connectivity index is 1.99. The van der Waals surface area contributed by atoms with E-state index in [4.69, 9.17) is 16.1 Å². The van der Waals surface area contributed by atoms with E-state index < -0.39 is 10.0 Å². The Labute approximate surface area is 150 Å². The van der Waals surface area contributed by atoms with E-state index in [1.54, 1.807) is 43.3 Å². The van der Waals surface area contributed by atoms with E-state index in [0.29, 0.717) is 40.0 Å². The molecule has 0 aliphatic carbocycles. The van der Waals surface area contributed by atoms with Crippen LogP contribution in [0.5, 0.6) is 0 Å². The van der Waals surface area contributed by atoms with Crippen molar-refractivity contribution in [2.45, 2.75) is 25.2 Å². The molecule has 1 aromatic heterocycles. The smallest absolute Gasteiger partial charge is 0.262 e. The van der Waals surface area contributed by atoms with Crippen molar-refractivity contribution < 1.29 is 12.9 Å². The van der Waals surface area contributed by atoms with Crippen LogP contribution >= 0.6 is 11.6 Å². The summed E-state index contributed by atoms with van der Waals surface area (Å²) < 4.78 is 33.1. The number of benzene rings is 2. The third-order valence-corrected chi connectivity index (χ3v) is 5.34. The van der Waals surface area contributed by atoms with E-state index >= 15 is 0 Å².